The smallest absolute Gasteiger partial charge is 0.269 e. The summed E-state index contributed by atoms with van der Waals surface area (Å²) < 4.78 is 7.24. The van der Waals surface area contributed by atoms with Crippen LogP contribution in [-0.4, -0.2) is 15.3 Å². The maximum absolute atomic E-state index is 13.2. The lowest BCUT2D eigenvalue weighted by Crippen LogP contribution is -2.25. The van der Waals surface area contributed by atoms with Crippen LogP contribution in [0.4, 0.5) is 0 Å². The van der Waals surface area contributed by atoms with E-state index in [9.17, 15) is 14.9 Å². The molecule has 0 fully saturated rings. The maximum atomic E-state index is 13.2. The van der Waals surface area contributed by atoms with Crippen LogP contribution in [0.1, 0.15) is 16.7 Å². The quantitative estimate of drug-likeness (QED) is 0.364. The Bertz CT molecular complexity index is 1430. The Labute approximate surface area is 190 Å². The van der Waals surface area contributed by atoms with Gasteiger partial charge in [-0.1, -0.05) is 54.1 Å². The van der Waals surface area contributed by atoms with Crippen molar-refractivity contribution in [1.29, 1.82) is 5.26 Å². The van der Waals surface area contributed by atoms with Crippen molar-refractivity contribution in [2.75, 3.05) is 0 Å². The van der Waals surface area contributed by atoms with Crippen molar-refractivity contribution in [3.8, 4) is 17.7 Å². The highest BCUT2D eigenvalue weighted by Gasteiger charge is 2.17. The highest BCUT2D eigenvalue weighted by molar-refractivity contribution is 6.01. The number of hydrogen-bond acceptors (Lipinski definition) is 5. The van der Waals surface area contributed by atoms with Crippen LogP contribution in [-0.2, 0) is 11.3 Å². The molecule has 0 saturated heterocycles. The molecule has 4 aromatic rings. The highest BCUT2D eigenvalue weighted by Crippen LogP contribution is 2.24. The zero-order valence-electron chi connectivity index (χ0n) is 17.9. The Morgan fingerprint density at radius 2 is 1.82 bits per heavy atom. The molecule has 7 nitrogen and oxygen atoms in total. The van der Waals surface area contributed by atoms with Gasteiger partial charge in [0.05, 0.1) is 0 Å². The lowest BCUT2D eigenvalue weighted by atomic mass is 10.1. The second-order valence-corrected chi connectivity index (χ2v) is 7.32. The van der Waals surface area contributed by atoms with Crippen molar-refractivity contribution in [1.82, 2.24) is 14.7 Å². The van der Waals surface area contributed by atoms with E-state index in [1.807, 2.05) is 55.5 Å². The van der Waals surface area contributed by atoms with Gasteiger partial charge in [-0.15, -0.1) is 0 Å². The third-order valence-electron chi connectivity index (χ3n) is 4.92. The fourth-order valence-corrected chi connectivity index (χ4v) is 3.17. The first-order valence-electron chi connectivity index (χ1n) is 10.2. The second kappa shape index (κ2) is 9.62. The lowest BCUT2D eigenvalue weighted by molar-refractivity contribution is -0.117. The van der Waals surface area contributed by atoms with Crippen molar-refractivity contribution in [3.63, 3.8) is 0 Å². The summed E-state index contributed by atoms with van der Waals surface area (Å²) in [6.45, 7) is 2.20. The van der Waals surface area contributed by atoms with E-state index in [2.05, 4.69) is 10.3 Å². The zero-order valence-corrected chi connectivity index (χ0v) is 17.9. The average Bonchev–Trinajstić information content (AvgIpc) is 2.84. The number of nitrogens with zero attached hydrogens (tertiary/aromatic N) is 3. The van der Waals surface area contributed by atoms with Gasteiger partial charge in [0.15, 0.2) is 0 Å². The number of carbonyl (C=O) groups is 1. The van der Waals surface area contributed by atoms with Gasteiger partial charge in [0, 0.05) is 12.7 Å². The Morgan fingerprint density at radius 1 is 1.09 bits per heavy atom. The minimum Gasteiger partial charge on any atom is -0.438 e. The third kappa shape index (κ3) is 4.97. The van der Waals surface area contributed by atoms with E-state index >= 15 is 0 Å². The number of aryl methyl sites for hydroxylation is 1. The van der Waals surface area contributed by atoms with Crippen LogP contribution in [0.25, 0.3) is 11.7 Å². The van der Waals surface area contributed by atoms with Crippen LogP contribution in [0.15, 0.2) is 89.4 Å². The number of amides is 1. The van der Waals surface area contributed by atoms with Gasteiger partial charge in [0.1, 0.15) is 28.6 Å². The van der Waals surface area contributed by atoms with Crippen molar-refractivity contribution in [2.24, 2.45) is 0 Å². The minimum atomic E-state index is -0.597. The fraction of sp³-hybridized carbons (Fsp3) is 0.0769. The van der Waals surface area contributed by atoms with Gasteiger partial charge in [-0.2, -0.15) is 10.2 Å². The molecule has 2 aromatic heterocycles. The SMILES string of the molecule is Cc1ccc(Oc2nc3ccccn3c(=O)c2/C=C(\C#N)C(=O)NCc2ccccc2)cc1. The standard InChI is InChI=1S/C26H20N4O3/c1-18-10-12-21(13-11-18)33-25-22(26(32)30-14-6-5-9-23(30)29-25)15-20(16-27)24(31)28-17-19-7-3-2-4-8-19/h2-15H,17H2,1H3,(H,28,31)/b20-15+. The molecule has 162 valence electrons. The van der Waals surface area contributed by atoms with Gasteiger partial charge in [-0.3, -0.25) is 14.0 Å². The number of pyridine rings is 1. The number of aromatic nitrogens is 2. The van der Waals surface area contributed by atoms with E-state index in [4.69, 9.17) is 4.74 Å². The van der Waals surface area contributed by atoms with Gasteiger partial charge in [0.25, 0.3) is 11.5 Å². The van der Waals surface area contributed by atoms with Crippen molar-refractivity contribution < 1.29 is 9.53 Å². The first-order chi connectivity index (χ1) is 16.0. The van der Waals surface area contributed by atoms with Crippen LogP contribution < -0.4 is 15.6 Å². The first kappa shape index (κ1) is 21.5. The van der Waals surface area contributed by atoms with Crippen molar-refractivity contribution in [2.45, 2.75) is 13.5 Å². The number of hydrogen-bond donors (Lipinski definition) is 1. The van der Waals surface area contributed by atoms with E-state index in [-0.39, 0.29) is 23.6 Å². The summed E-state index contributed by atoms with van der Waals surface area (Å²) in [6, 6.07) is 23.6. The summed E-state index contributed by atoms with van der Waals surface area (Å²) >= 11 is 0. The average molecular weight is 436 g/mol. The first-order valence-corrected chi connectivity index (χ1v) is 10.2. The predicted octanol–water partition coefficient (Wildman–Crippen LogP) is 4.02. The van der Waals surface area contributed by atoms with Crippen LogP contribution in [0.5, 0.6) is 11.6 Å². The molecular formula is C26H20N4O3. The zero-order chi connectivity index (χ0) is 23.2. The molecule has 0 radical (unpaired) electrons. The van der Waals surface area contributed by atoms with Crippen molar-refractivity contribution in [3.05, 3.63) is 112 Å². The Kier molecular flexibility index (Phi) is 6.28. The van der Waals surface area contributed by atoms with Gasteiger partial charge >= 0.3 is 0 Å². The predicted molar refractivity (Wildman–Crippen MR) is 125 cm³/mol. The molecule has 0 aliphatic carbocycles. The largest absolute Gasteiger partial charge is 0.438 e. The summed E-state index contributed by atoms with van der Waals surface area (Å²) in [6.07, 6.45) is 2.79. The number of fused-ring (bicyclic) bond motifs is 1. The number of nitriles is 1. The monoisotopic (exact) mass is 436 g/mol. The van der Waals surface area contributed by atoms with E-state index in [0.717, 1.165) is 11.1 Å². The maximum Gasteiger partial charge on any atom is 0.269 e. The molecule has 0 unspecified atom stereocenters. The Balaban J connectivity index is 1.73. The van der Waals surface area contributed by atoms with Gasteiger partial charge in [-0.05, 0) is 42.8 Å². The third-order valence-corrected chi connectivity index (χ3v) is 4.92. The van der Waals surface area contributed by atoms with E-state index in [1.165, 1.54) is 10.5 Å². The molecule has 4 rings (SSSR count). The summed E-state index contributed by atoms with van der Waals surface area (Å²) in [5.41, 5.74) is 1.65. The Hall–Kier alpha value is -4.70. The van der Waals surface area contributed by atoms with Crippen molar-refractivity contribution >= 4 is 17.6 Å². The normalized spacial score (nSPS) is 11.1. The summed E-state index contributed by atoms with van der Waals surface area (Å²) in [7, 11) is 0. The molecule has 1 N–H and O–H groups in total. The van der Waals surface area contributed by atoms with Gasteiger partial charge < -0.3 is 10.1 Å². The molecule has 0 aliphatic rings. The molecule has 7 heteroatoms. The van der Waals surface area contributed by atoms with Crippen LogP contribution in [0.2, 0.25) is 0 Å². The number of benzene rings is 2. The van der Waals surface area contributed by atoms with E-state index in [1.54, 1.807) is 36.5 Å². The lowest BCUT2D eigenvalue weighted by Gasteiger charge is -2.10. The second-order valence-electron chi connectivity index (χ2n) is 7.32. The molecule has 33 heavy (non-hydrogen) atoms. The topological polar surface area (TPSA) is 96.5 Å². The summed E-state index contributed by atoms with van der Waals surface area (Å²) in [5, 5.41) is 12.3. The number of rotatable bonds is 6. The number of carbonyl (C=O) groups excluding carboxylic acids is 1. The molecule has 0 bridgehead atoms. The van der Waals surface area contributed by atoms with E-state index in [0.29, 0.717) is 11.4 Å². The molecule has 0 saturated carbocycles. The van der Waals surface area contributed by atoms with Crippen LogP contribution in [0, 0.1) is 18.3 Å². The molecule has 2 heterocycles. The molecule has 0 atom stereocenters. The molecule has 0 aliphatic heterocycles. The van der Waals surface area contributed by atoms with E-state index < -0.39 is 11.5 Å². The summed E-state index contributed by atoms with van der Waals surface area (Å²) in [5.74, 6) is -0.103. The molecular weight excluding hydrogens is 416 g/mol. The molecule has 0 spiro atoms. The number of nitrogens with one attached hydrogen (secondary N) is 1. The number of ether oxygens (including phenoxy) is 1. The fourth-order valence-electron chi connectivity index (χ4n) is 3.17. The van der Waals surface area contributed by atoms with Gasteiger partial charge in [0.2, 0.25) is 5.88 Å². The van der Waals surface area contributed by atoms with Crippen LogP contribution in [0.3, 0.4) is 0 Å². The summed E-state index contributed by atoms with van der Waals surface area (Å²) in [4.78, 5) is 30.3. The minimum absolute atomic E-state index is 0.00526. The van der Waals surface area contributed by atoms with Gasteiger partial charge in [-0.25, -0.2) is 0 Å². The highest BCUT2D eigenvalue weighted by atomic mass is 16.5. The van der Waals surface area contributed by atoms with Crippen LogP contribution >= 0.6 is 0 Å². The molecule has 1 amide bonds. The molecule has 2 aromatic carbocycles. The Morgan fingerprint density at radius 3 is 2.55 bits per heavy atom.